The van der Waals surface area contributed by atoms with Gasteiger partial charge in [-0.25, -0.2) is 5.06 Å². The Morgan fingerprint density at radius 2 is 1.75 bits per heavy atom. The van der Waals surface area contributed by atoms with Crippen molar-refractivity contribution in [2.45, 2.75) is 32.1 Å². The van der Waals surface area contributed by atoms with Crippen LogP contribution in [0, 0.1) is 5.92 Å². The number of carbonyl (C=O) groups excluding carboxylic acids is 2. The van der Waals surface area contributed by atoms with E-state index in [2.05, 4.69) is 0 Å². The van der Waals surface area contributed by atoms with E-state index in [1.165, 1.54) is 18.4 Å². The van der Waals surface area contributed by atoms with Crippen molar-refractivity contribution in [3.8, 4) is 0 Å². The van der Waals surface area contributed by atoms with E-state index in [1.807, 2.05) is 0 Å². The highest BCUT2D eigenvalue weighted by atomic mass is 16.5. The predicted molar refractivity (Wildman–Crippen MR) is 58.8 cm³/mol. The van der Waals surface area contributed by atoms with Crippen LogP contribution in [0.15, 0.2) is 0 Å². The van der Waals surface area contributed by atoms with E-state index >= 15 is 0 Å². The van der Waals surface area contributed by atoms with Crippen LogP contribution in [0.3, 0.4) is 0 Å². The van der Waals surface area contributed by atoms with Gasteiger partial charge in [0.25, 0.3) is 5.91 Å². The summed E-state index contributed by atoms with van der Waals surface area (Å²) in [5.74, 6) is -0.378. The molecule has 0 atom stereocenters. The summed E-state index contributed by atoms with van der Waals surface area (Å²) in [6.07, 6.45) is 5.24. The van der Waals surface area contributed by atoms with Crippen molar-refractivity contribution >= 4 is 11.8 Å². The Balaban J connectivity index is 2.43. The predicted octanol–water partition coefficient (Wildman–Crippen LogP) is 0.873. The Morgan fingerprint density at radius 3 is 2.25 bits per heavy atom. The van der Waals surface area contributed by atoms with E-state index in [9.17, 15) is 9.59 Å². The highest BCUT2D eigenvalue weighted by Gasteiger charge is 2.25. The monoisotopic (exact) mass is 228 g/mol. The molecule has 0 bridgehead atoms. The third kappa shape index (κ3) is 3.48. The summed E-state index contributed by atoms with van der Waals surface area (Å²) < 4.78 is 0. The minimum Gasteiger partial charge on any atom is -0.336 e. The first-order chi connectivity index (χ1) is 7.52. The summed E-state index contributed by atoms with van der Waals surface area (Å²) in [4.78, 5) is 24.6. The zero-order chi connectivity index (χ0) is 12.1. The summed E-state index contributed by atoms with van der Waals surface area (Å²) in [6.45, 7) is -0.0532. The lowest BCUT2D eigenvalue weighted by Gasteiger charge is -2.26. The van der Waals surface area contributed by atoms with Crippen molar-refractivity contribution in [1.29, 1.82) is 0 Å². The molecule has 0 unspecified atom stereocenters. The molecule has 0 aromatic rings. The highest BCUT2D eigenvalue weighted by Crippen LogP contribution is 2.24. The van der Waals surface area contributed by atoms with E-state index < -0.39 is 5.91 Å². The Bertz CT molecular complexity index is 260. The van der Waals surface area contributed by atoms with Crippen LogP contribution in [-0.2, 0) is 9.59 Å². The molecule has 16 heavy (non-hydrogen) atoms. The molecule has 92 valence electrons. The minimum atomic E-state index is -0.466. The molecule has 1 N–H and O–H groups in total. The maximum absolute atomic E-state index is 11.9. The summed E-state index contributed by atoms with van der Waals surface area (Å²) in [7, 11) is 2.87. The van der Waals surface area contributed by atoms with Gasteiger partial charge in [0.05, 0.1) is 0 Å². The first-order valence-electron chi connectivity index (χ1n) is 5.72. The molecule has 0 radical (unpaired) electrons. The third-order valence-corrected chi connectivity index (χ3v) is 3.06. The van der Waals surface area contributed by atoms with Gasteiger partial charge >= 0.3 is 0 Å². The second-order valence-corrected chi connectivity index (χ2v) is 4.45. The van der Waals surface area contributed by atoms with Crippen LogP contribution >= 0.6 is 0 Å². The molecule has 0 aliphatic heterocycles. The highest BCUT2D eigenvalue weighted by molar-refractivity contribution is 5.85. The Kier molecular flexibility index (Phi) is 4.73. The lowest BCUT2D eigenvalue weighted by Crippen LogP contribution is -2.41. The van der Waals surface area contributed by atoms with E-state index in [0.29, 0.717) is 5.06 Å². The quantitative estimate of drug-likeness (QED) is 0.576. The fourth-order valence-corrected chi connectivity index (χ4v) is 2.04. The Hall–Kier alpha value is -1.10. The van der Waals surface area contributed by atoms with Crippen molar-refractivity contribution in [2.24, 2.45) is 5.92 Å². The lowest BCUT2D eigenvalue weighted by atomic mass is 9.88. The molecular formula is C11H20N2O3. The molecule has 1 aliphatic carbocycles. The van der Waals surface area contributed by atoms with Gasteiger partial charge < -0.3 is 4.90 Å². The minimum absolute atomic E-state index is 0.0231. The van der Waals surface area contributed by atoms with Crippen LogP contribution in [0.25, 0.3) is 0 Å². The number of hydrogen-bond acceptors (Lipinski definition) is 3. The molecule has 0 aromatic heterocycles. The van der Waals surface area contributed by atoms with Gasteiger partial charge in [-0.3, -0.25) is 14.8 Å². The average molecular weight is 228 g/mol. The summed E-state index contributed by atoms with van der Waals surface area (Å²) in [5, 5.41) is 9.43. The molecule has 0 spiro atoms. The molecule has 5 nitrogen and oxygen atoms in total. The van der Waals surface area contributed by atoms with Gasteiger partial charge in [-0.15, -0.1) is 0 Å². The first-order valence-corrected chi connectivity index (χ1v) is 5.72. The van der Waals surface area contributed by atoms with E-state index in [1.54, 1.807) is 7.05 Å². The molecule has 1 aliphatic rings. The maximum Gasteiger partial charge on any atom is 0.265 e. The van der Waals surface area contributed by atoms with E-state index in [0.717, 1.165) is 25.7 Å². The van der Waals surface area contributed by atoms with Gasteiger partial charge in [-0.05, 0) is 12.8 Å². The van der Waals surface area contributed by atoms with Crippen molar-refractivity contribution in [3.63, 3.8) is 0 Å². The van der Waals surface area contributed by atoms with Gasteiger partial charge in [0.1, 0.15) is 6.54 Å². The fourth-order valence-electron chi connectivity index (χ4n) is 2.04. The van der Waals surface area contributed by atoms with Crippen LogP contribution in [-0.4, -0.2) is 47.6 Å². The number of hydroxylamine groups is 2. The van der Waals surface area contributed by atoms with Crippen molar-refractivity contribution in [2.75, 3.05) is 20.6 Å². The second-order valence-electron chi connectivity index (χ2n) is 4.45. The number of hydrogen-bond donors (Lipinski definition) is 1. The Labute approximate surface area is 96.0 Å². The smallest absolute Gasteiger partial charge is 0.265 e. The third-order valence-electron chi connectivity index (χ3n) is 3.06. The molecule has 1 rings (SSSR count). The SMILES string of the molecule is CN(O)C(=O)CN(C)C(=O)C1CCCCC1. The summed E-state index contributed by atoms with van der Waals surface area (Å²) in [5.41, 5.74) is 0. The van der Waals surface area contributed by atoms with E-state index in [4.69, 9.17) is 5.21 Å². The Morgan fingerprint density at radius 1 is 1.19 bits per heavy atom. The zero-order valence-electron chi connectivity index (χ0n) is 9.98. The maximum atomic E-state index is 11.9. The molecule has 0 saturated heterocycles. The van der Waals surface area contributed by atoms with Gasteiger partial charge in [-0.2, -0.15) is 0 Å². The number of rotatable bonds is 3. The average Bonchev–Trinajstić information content (AvgIpc) is 2.28. The zero-order valence-corrected chi connectivity index (χ0v) is 9.98. The van der Waals surface area contributed by atoms with Crippen molar-refractivity contribution < 1.29 is 14.8 Å². The first kappa shape index (κ1) is 13.0. The van der Waals surface area contributed by atoms with Crippen molar-refractivity contribution in [3.05, 3.63) is 0 Å². The van der Waals surface area contributed by atoms with Crippen LogP contribution in [0.1, 0.15) is 32.1 Å². The number of amides is 2. The van der Waals surface area contributed by atoms with Crippen LogP contribution < -0.4 is 0 Å². The molecule has 5 heteroatoms. The van der Waals surface area contributed by atoms with Gasteiger partial charge in [0.15, 0.2) is 0 Å². The molecular weight excluding hydrogens is 208 g/mol. The van der Waals surface area contributed by atoms with Gasteiger partial charge in [-0.1, -0.05) is 19.3 Å². The van der Waals surface area contributed by atoms with Gasteiger partial charge in [0.2, 0.25) is 5.91 Å². The molecule has 1 saturated carbocycles. The second kappa shape index (κ2) is 5.84. The number of likely N-dealkylation sites (N-methyl/N-ethyl adjacent to an activating group) is 2. The topological polar surface area (TPSA) is 60.9 Å². The lowest BCUT2D eigenvalue weighted by molar-refractivity contribution is -0.162. The fraction of sp³-hybridized carbons (Fsp3) is 0.818. The summed E-state index contributed by atoms with van der Waals surface area (Å²) in [6, 6.07) is 0. The largest absolute Gasteiger partial charge is 0.336 e. The van der Waals surface area contributed by atoms with Gasteiger partial charge in [0, 0.05) is 20.0 Å². The van der Waals surface area contributed by atoms with Crippen LogP contribution in [0.4, 0.5) is 0 Å². The number of carbonyl (C=O) groups is 2. The normalized spacial score (nSPS) is 16.9. The summed E-state index contributed by atoms with van der Waals surface area (Å²) >= 11 is 0. The molecule has 2 amide bonds. The molecule has 0 heterocycles. The van der Waals surface area contributed by atoms with Crippen LogP contribution in [0.2, 0.25) is 0 Å². The standard InChI is InChI=1S/C11H20N2O3/c1-12(8-10(14)13(2)16)11(15)9-6-4-3-5-7-9/h9,16H,3-8H2,1-2H3. The van der Waals surface area contributed by atoms with Crippen molar-refractivity contribution in [1.82, 2.24) is 9.96 Å². The molecule has 0 aromatic carbocycles. The molecule has 1 fully saturated rings. The van der Waals surface area contributed by atoms with Crippen LogP contribution in [0.5, 0.6) is 0 Å². The van der Waals surface area contributed by atoms with E-state index in [-0.39, 0.29) is 18.4 Å². The number of nitrogens with zero attached hydrogens (tertiary/aromatic N) is 2.